The SMILES string of the molecule is CC(C)Cc1nnc2ccccn12. The summed E-state index contributed by atoms with van der Waals surface area (Å²) < 4.78 is 2.04. The molecule has 0 unspecified atom stereocenters. The van der Waals surface area contributed by atoms with Gasteiger partial charge >= 0.3 is 0 Å². The van der Waals surface area contributed by atoms with E-state index in [1.807, 2.05) is 28.8 Å². The Morgan fingerprint density at radius 2 is 2.15 bits per heavy atom. The van der Waals surface area contributed by atoms with E-state index in [0.29, 0.717) is 5.92 Å². The number of pyridine rings is 1. The molecule has 0 fully saturated rings. The third kappa shape index (κ3) is 1.54. The highest BCUT2D eigenvalue weighted by molar-refractivity contribution is 5.36. The first-order valence-corrected chi connectivity index (χ1v) is 4.56. The number of nitrogens with zero attached hydrogens (tertiary/aromatic N) is 3. The molecular formula is C10H13N3. The van der Waals surface area contributed by atoms with Crippen molar-refractivity contribution in [3.8, 4) is 0 Å². The van der Waals surface area contributed by atoms with E-state index in [2.05, 4.69) is 24.0 Å². The van der Waals surface area contributed by atoms with E-state index in [4.69, 9.17) is 0 Å². The Bertz CT molecular complexity index is 403. The molecule has 0 aliphatic heterocycles. The Labute approximate surface area is 77.4 Å². The van der Waals surface area contributed by atoms with Crippen LogP contribution in [0.4, 0.5) is 0 Å². The molecule has 0 saturated carbocycles. The van der Waals surface area contributed by atoms with Gasteiger partial charge in [0.05, 0.1) is 0 Å². The Morgan fingerprint density at radius 1 is 1.31 bits per heavy atom. The van der Waals surface area contributed by atoms with E-state index in [9.17, 15) is 0 Å². The average Bonchev–Trinajstić information content (AvgIpc) is 2.48. The first-order valence-electron chi connectivity index (χ1n) is 4.56. The van der Waals surface area contributed by atoms with Crippen molar-refractivity contribution in [2.45, 2.75) is 20.3 Å². The summed E-state index contributed by atoms with van der Waals surface area (Å²) >= 11 is 0. The van der Waals surface area contributed by atoms with Crippen LogP contribution in [-0.2, 0) is 6.42 Å². The molecule has 3 nitrogen and oxygen atoms in total. The van der Waals surface area contributed by atoms with Gasteiger partial charge in [0.2, 0.25) is 0 Å². The van der Waals surface area contributed by atoms with Crippen LogP contribution in [0, 0.1) is 5.92 Å². The summed E-state index contributed by atoms with van der Waals surface area (Å²) in [5, 5.41) is 8.23. The second kappa shape index (κ2) is 3.17. The summed E-state index contributed by atoms with van der Waals surface area (Å²) in [5.41, 5.74) is 0.929. The quantitative estimate of drug-likeness (QED) is 0.698. The molecule has 0 amide bonds. The van der Waals surface area contributed by atoms with Crippen LogP contribution < -0.4 is 0 Å². The van der Waals surface area contributed by atoms with Crippen molar-refractivity contribution in [3.63, 3.8) is 0 Å². The van der Waals surface area contributed by atoms with Gasteiger partial charge in [-0.2, -0.15) is 0 Å². The smallest absolute Gasteiger partial charge is 0.160 e. The van der Waals surface area contributed by atoms with Gasteiger partial charge in [-0.25, -0.2) is 0 Å². The summed E-state index contributed by atoms with van der Waals surface area (Å²) in [6.07, 6.45) is 2.98. The van der Waals surface area contributed by atoms with E-state index in [0.717, 1.165) is 17.9 Å². The summed E-state index contributed by atoms with van der Waals surface area (Å²) in [6.45, 7) is 4.37. The van der Waals surface area contributed by atoms with E-state index >= 15 is 0 Å². The Hall–Kier alpha value is -1.38. The molecular weight excluding hydrogens is 162 g/mol. The topological polar surface area (TPSA) is 30.2 Å². The van der Waals surface area contributed by atoms with Gasteiger partial charge in [0.25, 0.3) is 0 Å². The minimum Gasteiger partial charge on any atom is -0.286 e. The van der Waals surface area contributed by atoms with E-state index in [1.165, 1.54) is 0 Å². The Kier molecular flexibility index (Phi) is 2.00. The van der Waals surface area contributed by atoms with E-state index in [1.54, 1.807) is 0 Å². The van der Waals surface area contributed by atoms with Gasteiger partial charge in [-0.15, -0.1) is 10.2 Å². The van der Waals surface area contributed by atoms with Crippen molar-refractivity contribution in [1.82, 2.24) is 14.6 Å². The molecule has 68 valence electrons. The van der Waals surface area contributed by atoms with Gasteiger partial charge in [-0.05, 0) is 18.1 Å². The molecule has 0 N–H and O–H groups in total. The first kappa shape index (κ1) is 8.23. The van der Waals surface area contributed by atoms with Crippen LogP contribution in [0.3, 0.4) is 0 Å². The third-order valence-electron chi connectivity index (χ3n) is 1.98. The molecule has 0 bridgehead atoms. The lowest BCUT2D eigenvalue weighted by molar-refractivity contribution is 0.616. The van der Waals surface area contributed by atoms with Crippen molar-refractivity contribution in [3.05, 3.63) is 30.2 Å². The molecule has 0 aliphatic rings. The fraction of sp³-hybridized carbons (Fsp3) is 0.400. The lowest BCUT2D eigenvalue weighted by atomic mass is 10.1. The monoisotopic (exact) mass is 175 g/mol. The largest absolute Gasteiger partial charge is 0.286 e. The number of fused-ring (bicyclic) bond motifs is 1. The van der Waals surface area contributed by atoms with Crippen LogP contribution in [0.25, 0.3) is 5.65 Å². The van der Waals surface area contributed by atoms with Gasteiger partial charge in [-0.3, -0.25) is 4.40 Å². The molecule has 0 aromatic carbocycles. The van der Waals surface area contributed by atoms with Gasteiger partial charge in [0.15, 0.2) is 5.65 Å². The minimum atomic E-state index is 0.618. The minimum absolute atomic E-state index is 0.618. The Morgan fingerprint density at radius 3 is 2.92 bits per heavy atom. The van der Waals surface area contributed by atoms with Crippen LogP contribution in [0.1, 0.15) is 19.7 Å². The van der Waals surface area contributed by atoms with Crippen molar-refractivity contribution < 1.29 is 0 Å². The average molecular weight is 175 g/mol. The first-order chi connectivity index (χ1) is 6.27. The van der Waals surface area contributed by atoms with Gasteiger partial charge < -0.3 is 0 Å². The molecule has 2 rings (SSSR count). The second-order valence-corrected chi connectivity index (χ2v) is 3.64. The van der Waals surface area contributed by atoms with Crippen molar-refractivity contribution in [2.24, 2.45) is 5.92 Å². The standard InChI is InChI=1S/C10H13N3/c1-8(2)7-10-12-11-9-5-3-4-6-13(9)10/h3-6,8H,7H2,1-2H3. The second-order valence-electron chi connectivity index (χ2n) is 3.64. The summed E-state index contributed by atoms with van der Waals surface area (Å²) in [4.78, 5) is 0. The number of aromatic nitrogens is 3. The highest BCUT2D eigenvalue weighted by Crippen LogP contribution is 2.07. The maximum atomic E-state index is 4.15. The molecule has 3 heteroatoms. The lowest BCUT2D eigenvalue weighted by Gasteiger charge is -2.01. The molecule has 0 atom stereocenters. The molecule has 2 aromatic rings. The van der Waals surface area contributed by atoms with Gasteiger partial charge in [0.1, 0.15) is 5.82 Å². The van der Waals surface area contributed by atoms with Crippen molar-refractivity contribution in [2.75, 3.05) is 0 Å². The molecule has 0 radical (unpaired) electrons. The highest BCUT2D eigenvalue weighted by Gasteiger charge is 2.05. The zero-order chi connectivity index (χ0) is 9.26. The Balaban J connectivity index is 2.46. The summed E-state index contributed by atoms with van der Waals surface area (Å²) in [7, 11) is 0. The van der Waals surface area contributed by atoms with Crippen LogP contribution in [0.15, 0.2) is 24.4 Å². The molecule has 2 aromatic heterocycles. The molecule has 13 heavy (non-hydrogen) atoms. The fourth-order valence-electron chi connectivity index (χ4n) is 1.40. The highest BCUT2D eigenvalue weighted by atomic mass is 15.2. The third-order valence-corrected chi connectivity index (χ3v) is 1.98. The maximum Gasteiger partial charge on any atom is 0.160 e. The predicted molar refractivity (Wildman–Crippen MR) is 51.5 cm³/mol. The number of rotatable bonds is 2. The van der Waals surface area contributed by atoms with Crippen molar-refractivity contribution >= 4 is 5.65 Å². The lowest BCUT2D eigenvalue weighted by Crippen LogP contribution is -1.99. The number of hydrogen-bond acceptors (Lipinski definition) is 2. The molecule has 2 heterocycles. The van der Waals surface area contributed by atoms with E-state index < -0.39 is 0 Å². The normalized spacial score (nSPS) is 11.3. The van der Waals surface area contributed by atoms with Gasteiger partial charge in [0, 0.05) is 12.6 Å². The van der Waals surface area contributed by atoms with Crippen LogP contribution in [0.2, 0.25) is 0 Å². The summed E-state index contributed by atoms with van der Waals surface area (Å²) in [5.74, 6) is 1.67. The van der Waals surface area contributed by atoms with Crippen molar-refractivity contribution in [1.29, 1.82) is 0 Å². The molecule has 0 aliphatic carbocycles. The van der Waals surface area contributed by atoms with E-state index in [-0.39, 0.29) is 0 Å². The van der Waals surface area contributed by atoms with Crippen LogP contribution in [-0.4, -0.2) is 14.6 Å². The van der Waals surface area contributed by atoms with Gasteiger partial charge in [-0.1, -0.05) is 19.9 Å². The van der Waals surface area contributed by atoms with Crippen LogP contribution in [0.5, 0.6) is 0 Å². The zero-order valence-electron chi connectivity index (χ0n) is 7.94. The zero-order valence-corrected chi connectivity index (χ0v) is 7.94. The predicted octanol–water partition coefficient (Wildman–Crippen LogP) is 1.93. The fourth-order valence-corrected chi connectivity index (χ4v) is 1.40. The maximum absolute atomic E-state index is 4.15. The molecule has 0 saturated heterocycles. The summed E-state index contributed by atoms with van der Waals surface area (Å²) in [6, 6.07) is 5.94. The number of hydrogen-bond donors (Lipinski definition) is 0. The van der Waals surface area contributed by atoms with Crippen LogP contribution >= 0.6 is 0 Å². The molecule has 0 spiro atoms.